The second kappa shape index (κ2) is 5.46. The van der Waals surface area contributed by atoms with Gasteiger partial charge in [-0.2, -0.15) is 13.7 Å². The highest BCUT2D eigenvalue weighted by molar-refractivity contribution is 7.80. The standard InChI is InChI=1S/C2H3N.H2O5S/c1-2-3;1-5-6(2,3)4/h1H3;1H,(H,2,3,4). The molecule has 0 saturated heterocycles. The van der Waals surface area contributed by atoms with Crippen molar-refractivity contribution in [3.8, 4) is 6.07 Å². The van der Waals surface area contributed by atoms with E-state index in [1.807, 2.05) is 0 Å². The summed E-state index contributed by atoms with van der Waals surface area (Å²) in [5.74, 6) is 0. The fourth-order valence-corrected chi connectivity index (χ4v) is 0. The highest BCUT2D eigenvalue weighted by atomic mass is 32.3. The lowest BCUT2D eigenvalue weighted by Crippen LogP contribution is -1.97. The molecular formula is C2H5NO5S. The Morgan fingerprint density at radius 3 is 1.78 bits per heavy atom. The molecule has 0 rings (SSSR count). The molecule has 7 heteroatoms. The Morgan fingerprint density at radius 2 is 1.78 bits per heavy atom. The van der Waals surface area contributed by atoms with E-state index in [0.717, 1.165) is 0 Å². The third-order valence-electron chi connectivity index (χ3n) is 0.0942. The van der Waals surface area contributed by atoms with Gasteiger partial charge in [-0.25, -0.2) is 5.26 Å². The first-order valence-electron chi connectivity index (χ1n) is 1.59. The maximum Gasteiger partial charge on any atom is 0.423 e. The number of nitriles is 1. The van der Waals surface area contributed by atoms with Crippen LogP contribution in [0.2, 0.25) is 0 Å². The van der Waals surface area contributed by atoms with Gasteiger partial charge in [0.25, 0.3) is 0 Å². The van der Waals surface area contributed by atoms with Gasteiger partial charge in [0.15, 0.2) is 0 Å². The van der Waals surface area contributed by atoms with Crippen LogP contribution >= 0.6 is 0 Å². The van der Waals surface area contributed by atoms with E-state index in [9.17, 15) is 0 Å². The van der Waals surface area contributed by atoms with Crippen molar-refractivity contribution in [2.75, 3.05) is 0 Å². The van der Waals surface area contributed by atoms with Crippen molar-refractivity contribution in [3.63, 3.8) is 0 Å². The van der Waals surface area contributed by atoms with Gasteiger partial charge in [-0.3, -0.25) is 4.55 Å². The van der Waals surface area contributed by atoms with Crippen molar-refractivity contribution >= 4 is 10.4 Å². The first-order valence-corrected chi connectivity index (χ1v) is 2.95. The molecule has 0 aliphatic rings. The van der Waals surface area contributed by atoms with Gasteiger partial charge in [0, 0.05) is 6.92 Å². The van der Waals surface area contributed by atoms with Crippen molar-refractivity contribution in [2.45, 2.75) is 6.92 Å². The van der Waals surface area contributed by atoms with Crippen molar-refractivity contribution in [1.82, 2.24) is 0 Å². The summed E-state index contributed by atoms with van der Waals surface area (Å²) < 4.78 is 28.0. The van der Waals surface area contributed by atoms with E-state index in [0.29, 0.717) is 0 Å². The first kappa shape index (κ1) is 11.2. The molecule has 0 aromatic carbocycles. The zero-order chi connectivity index (χ0) is 7.91. The van der Waals surface area contributed by atoms with Crippen LogP contribution < -0.4 is 0 Å². The Morgan fingerprint density at radius 1 is 1.67 bits per heavy atom. The Balaban J connectivity index is 0. The Bertz CT molecular complexity index is 176. The van der Waals surface area contributed by atoms with Crippen molar-refractivity contribution in [2.24, 2.45) is 0 Å². The summed E-state index contributed by atoms with van der Waals surface area (Å²) in [4.78, 5) is 0. The third-order valence-corrected chi connectivity index (χ3v) is 0.283. The minimum Gasteiger partial charge on any atom is -0.262 e. The number of nitrogens with zero attached hydrogens (tertiary/aromatic N) is 1. The number of hydrogen-bond acceptors (Lipinski definition) is 5. The van der Waals surface area contributed by atoms with Crippen LogP contribution in [0.5, 0.6) is 0 Å². The Kier molecular flexibility index (Phi) is 6.77. The molecular weight excluding hydrogens is 150 g/mol. The smallest absolute Gasteiger partial charge is 0.262 e. The maximum atomic E-state index is 9.08. The average molecular weight is 155 g/mol. The minimum atomic E-state index is -4.61. The van der Waals surface area contributed by atoms with Crippen LogP contribution in [0.4, 0.5) is 0 Å². The van der Waals surface area contributed by atoms with Crippen molar-refractivity contribution in [3.05, 3.63) is 0 Å². The van der Waals surface area contributed by atoms with Crippen LogP contribution in [0.3, 0.4) is 0 Å². The molecule has 0 heterocycles. The lowest BCUT2D eigenvalue weighted by atomic mass is 11.0. The van der Waals surface area contributed by atoms with Crippen LogP contribution in [0, 0.1) is 11.3 Å². The zero-order valence-electron chi connectivity index (χ0n) is 4.47. The second-order valence-corrected chi connectivity index (χ2v) is 1.73. The van der Waals surface area contributed by atoms with Crippen LogP contribution in [0.15, 0.2) is 0 Å². The maximum absolute atomic E-state index is 9.08. The molecule has 0 aliphatic carbocycles. The van der Waals surface area contributed by atoms with Crippen LogP contribution in [-0.2, 0) is 14.7 Å². The summed E-state index contributed by atoms with van der Waals surface area (Å²) in [6.07, 6.45) is 0. The van der Waals surface area contributed by atoms with E-state index >= 15 is 0 Å². The van der Waals surface area contributed by atoms with Crippen LogP contribution in [-0.4, -0.2) is 18.2 Å². The van der Waals surface area contributed by atoms with E-state index in [2.05, 4.69) is 4.33 Å². The highest BCUT2D eigenvalue weighted by Gasteiger charge is 1.97. The van der Waals surface area contributed by atoms with Gasteiger partial charge in [-0.15, -0.1) is 0 Å². The highest BCUT2D eigenvalue weighted by Crippen LogP contribution is 1.74. The molecule has 2 N–H and O–H groups in total. The summed E-state index contributed by atoms with van der Waals surface area (Å²) in [7, 11) is -4.61. The average Bonchev–Trinajstić information content (AvgIpc) is 1.67. The summed E-state index contributed by atoms with van der Waals surface area (Å²) in [5, 5.41) is 14.4. The lowest BCUT2D eigenvalue weighted by molar-refractivity contribution is -0.139. The minimum absolute atomic E-state index is 1.43. The molecule has 0 spiro atoms. The van der Waals surface area contributed by atoms with Gasteiger partial charge in [0.2, 0.25) is 0 Å². The molecule has 0 amide bonds. The third kappa shape index (κ3) is 38.5. The topological polar surface area (TPSA) is 108 Å². The first-order chi connectivity index (χ1) is 3.97. The quantitative estimate of drug-likeness (QED) is 0.308. The molecule has 0 unspecified atom stereocenters. The Hall–Kier alpha value is -0.680. The van der Waals surface area contributed by atoms with Crippen molar-refractivity contribution < 1.29 is 22.6 Å². The fraction of sp³-hybridized carbons (Fsp3) is 0.500. The van der Waals surface area contributed by atoms with E-state index in [1.165, 1.54) is 6.92 Å². The van der Waals surface area contributed by atoms with Crippen LogP contribution in [0.25, 0.3) is 0 Å². The zero-order valence-corrected chi connectivity index (χ0v) is 5.29. The largest absolute Gasteiger partial charge is 0.423 e. The molecule has 0 bridgehead atoms. The van der Waals surface area contributed by atoms with Gasteiger partial charge in [0.05, 0.1) is 6.07 Å². The monoisotopic (exact) mass is 155 g/mol. The fourth-order valence-electron chi connectivity index (χ4n) is 0. The predicted molar refractivity (Wildman–Crippen MR) is 26.5 cm³/mol. The van der Waals surface area contributed by atoms with E-state index in [4.69, 9.17) is 23.5 Å². The normalized spacial score (nSPS) is 8.67. The number of rotatable bonds is 1. The van der Waals surface area contributed by atoms with E-state index < -0.39 is 10.4 Å². The summed E-state index contributed by atoms with van der Waals surface area (Å²) >= 11 is 0. The molecule has 0 fully saturated rings. The molecule has 0 aromatic rings. The lowest BCUT2D eigenvalue weighted by Gasteiger charge is -1.79. The SMILES string of the molecule is CC#N.O=S(=O)(O)OO. The molecule has 0 saturated carbocycles. The molecule has 0 radical (unpaired) electrons. The van der Waals surface area contributed by atoms with Crippen LogP contribution in [0.1, 0.15) is 6.92 Å². The molecule has 9 heavy (non-hydrogen) atoms. The Labute approximate surface area is 52.2 Å². The van der Waals surface area contributed by atoms with E-state index in [-0.39, 0.29) is 0 Å². The summed E-state index contributed by atoms with van der Waals surface area (Å²) in [6.45, 7) is 1.43. The predicted octanol–water partition coefficient (Wildman–Crippen LogP) is -0.191. The molecule has 6 nitrogen and oxygen atoms in total. The van der Waals surface area contributed by atoms with Crippen molar-refractivity contribution in [1.29, 1.82) is 5.26 Å². The molecule has 54 valence electrons. The van der Waals surface area contributed by atoms with Gasteiger partial charge in [-0.1, -0.05) is 4.33 Å². The van der Waals surface area contributed by atoms with Gasteiger partial charge in [0.1, 0.15) is 0 Å². The second-order valence-electron chi connectivity index (χ2n) is 0.726. The van der Waals surface area contributed by atoms with Gasteiger partial charge >= 0.3 is 10.4 Å². The summed E-state index contributed by atoms with van der Waals surface area (Å²) in [6, 6.07) is 1.75. The summed E-state index contributed by atoms with van der Waals surface area (Å²) in [5.41, 5.74) is 0. The number of hydrogen-bond donors (Lipinski definition) is 2. The van der Waals surface area contributed by atoms with E-state index in [1.54, 1.807) is 6.07 Å². The molecule has 0 aromatic heterocycles. The molecule has 0 atom stereocenters. The van der Waals surface area contributed by atoms with Gasteiger partial charge < -0.3 is 0 Å². The molecule has 0 aliphatic heterocycles. The van der Waals surface area contributed by atoms with Gasteiger partial charge in [-0.05, 0) is 0 Å².